The zero-order valence-corrected chi connectivity index (χ0v) is 13.5. The van der Waals surface area contributed by atoms with E-state index in [-0.39, 0.29) is 11.4 Å². The predicted molar refractivity (Wildman–Crippen MR) is 93.6 cm³/mol. The standard InChI is InChI=1S/C19H17N3O2/c1-13-6-8-17(9-7-13)22-19(24)16(11-20)12-21-18-5-3-4-15(10-18)14(2)23/h3-10,12,21H,1-2H3,(H,22,24)/b16-12-. The molecular formula is C19H17N3O2. The highest BCUT2D eigenvalue weighted by molar-refractivity contribution is 6.06. The molecule has 0 unspecified atom stereocenters. The van der Waals surface area contributed by atoms with Crippen molar-refractivity contribution in [1.29, 1.82) is 5.26 Å². The van der Waals surface area contributed by atoms with Crippen LogP contribution in [-0.4, -0.2) is 11.7 Å². The molecule has 0 atom stereocenters. The number of nitrogens with one attached hydrogen (secondary N) is 2. The van der Waals surface area contributed by atoms with Gasteiger partial charge in [0.2, 0.25) is 0 Å². The van der Waals surface area contributed by atoms with Crippen LogP contribution in [0, 0.1) is 18.3 Å². The Balaban J connectivity index is 2.10. The summed E-state index contributed by atoms with van der Waals surface area (Å²) in [5.74, 6) is -0.558. The Morgan fingerprint density at radius 1 is 1.08 bits per heavy atom. The highest BCUT2D eigenvalue weighted by Gasteiger charge is 2.09. The van der Waals surface area contributed by atoms with Gasteiger partial charge >= 0.3 is 0 Å². The van der Waals surface area contributed by atoms with Crippen molar-refractivity contribution < 1.29 is 9.59 Å². The quantitative estimate of drug-likeness (QED) is 0.500. The van der Waals surface area contributed by atoms with Gasteiger partial charge in [-0.15, -0.1) is 0 Å². The van der Waals surface area contributed by atoms with E-state index in [9.17, 15) is 9.59 Å². The lowest BCUT2D eigenvalue weighted by molar-refractivity contribution is -0.112. The third kappa shape index (κ3) is 4.55. The fourth-order valence-corrected chi connectivity index (χ4v) is 1.97. The van der Waals surface area contributed by atoms with Gasteiger partial charge in [-0.2, -0.15) is 5.26 Å². The van der Waals surface area contributed by atoms with Gasteiger partial charge in [-0.05, 0) is 38.1 Å². The van der Waals surface area contributed by atoms with Crippen molar-refractivity contribution in [1.82, 2.24) is 0 Å². The number of amides is 1. The Kier molecular flexibility index (Phi) is 5.48. The summed E-state index contributed by atoms with van der Waals surface area (Å²) in [7, 11) is 0. The van der Waals surface area contributed by atoms with E-state index in [0.29, 0.717) is 16.9 Å². The number of carbonyl (C=O) groups excluding carboxylic acids is 2. The Bertz CT molecular complexity index is 830. The van der Waals surface area contributed by atoms with Crippen molar-refractivity contribution in [3.05, 3.63) is 71.4 Å². The van der Waals surface area contributed by atoms with Gasteiger partial charge in [0.15, 0.2) is 5.78 Å². The topological polar surface area (TPSA) is 82.0 Å². The minimum Gasteiger partial charge on any atom is -0.360 e. The normalized spacial score (nSPS) is 10.6. The van der Waals surface area contributed by atoms with Crippen LogP contribution in [-0.2, 0) is 4.79 Å². The first-order chi connectivity index (χ1) is 11.5. The summed E-state index contributed by atoms with van der Waals surface area (Å²) >= 11 is 0. The number of rotatable bonds is 5. The van der Waals surface area contributed by atoms with E-state index in [4.69, 9.17) is 5.26 Å². The highest BCUT2D eigenvalue weighted by Crippen LogP contribution is 2.13. The van der Waals surface area contributed by atoms with Gasteiger partial charge < -0.3 is 10.6 Å². The van der Waals surface area contributed by atoms with Gasteiger partial charge in [0.25, 0.3) is 5.91 Å². The van der Waals surface area contributed by atoms with Crippen LogP contribution in [0.5, 0.6) is 0 Å². The number of benzene rings is 2. The number of carbonyl (C=O) groups is 2. The number of nitriles is 1. The van der Waals surface area contributed by atoms with Crippen molar-refractivity contribution in [3.8, 4) is 6.07 Å². The number of Topliss-reactive ketones (excluding diaryl/α,β-unsaturated/α-hetero) is 1. The molecule has 0 aliphatic heterocycles. The summed E-state index contributed by atoms with van der Waals surface area (Å²) in [6.07, 6.45) is 1.32. The lowest BCUT2D eigenvalue weighted by Crippen LogP contribution is -2.14. The summed E-state index contributed by atoms with van der Waals surface area (Å²) in [6.45, 7) is 3.43. The van der Waals surface area contributed by atoms with Crippen molar-refractivity contribution in [3.63, 3.8) is 0 Å². The van der Waals surface area contributed by atoms with Gasteiger partial charge in [0.1, 0.15) is 11.6 Å². The molecule has 5 nitrogen and oxygen atoms in total. The van der Waals surface area contributed by atoms with E-state index in [2.05, 4.69) is 10.6 Å². The second-order valence-electron chi connectivity index (χ2n) is 5.27. The van der Waals surface area contributed by atoms with E-state index in [1.54, 1.807) is 36.4 Å². The van der Waals surface area contributed by atoms with E-state index in [0.717, 1.165) is 5.56 Å². The lowest BCUT2D eigenvalue weighted by Gasteiger charge is -2.06. The van der Waals surface area contributed by atoms with Crippen molar-refractivity contribution in [2.24, 2.45) is 0 Å². The van der Waals surface area contributed by atoms with Gasteiger partial charge in [-0.1, -0.05) is 29.8 Å². The number of nitrogens with zero attached hydrogens (tertiary/aromatic N) is 1. The first-order valence-corrected chi connectivity index (χ1v) is 7.35. The molecule has 0 fully saturated rings. The molecule has 0 aliphatic carbocycles. The van der Waals surface area contributed by atoms with Crippen LogP contribution in [0.1, 0.15) is 22.8 Å². The zero-order valence-electron chi connectivity index (χ0n) is 13.5. The van der Waals surface area contributed by atoms with Gasteiger partial charge in [0, 0.05) is 23.1 Å². The molecule has 0 saturated carbocycles. The third-order valence-electron chi connectivity index (χ3n) is 3.33. The average molecular weight is 319 g/mol. The minimum absolute atomic E-state index is 0.0553. The van der Waals surface area contributed by atoms with E-state index < -0.39 is 5.91 Å². The largest absolute Gasteiger partial charge is 0.360 e. The first kappa shape index (κ1) is 17.0. The number of aryl methyl sites for hydroxylation is 1. The SMILES string of the molecule is CC(=O)c1cccc(N/C=C(/C#N)C(=O)Nc2ccc(C)cc2)c1. The van der Waals surface area contributed by atoms with Crippen LogP contribution in [0.3, 0.4) is 0 Å². The van der Waals surface area contributed by atoms with Crippen molar-refractivity contribution >= 4 is 23.1 Å². The molecule has 0 heterocycles. The van der Waals surface area contributed by atoms with Crippen molar-refractivity contribution in [2.75, 3.05) is 10.6 Å². The maximum absolute atomic E-state index is 12.1. The number of ketones is 1. The Hall–Kier alpha value is -3.39. The molecule has 0 radical (unpaired) electrons. The van der Waals surface area contributed by atoms with E-state index >= 15 is 0 Å². The fourth-order valence-electron chi connectivity index (χ4n) is 1.97. The first-order valence-electron chi connectivity index (χ1n) is 7.35. The molecule has 24 heavy (non-hydrogen) atoms. The highest BCUT2D eigenvalue weighted by atomic mass is 16.1. The second-order valence-corrected chi connectivity index (χ2v) is 5.27. The molecule has 0 bridgehead atoms. The molecule has 0 aromatic heterocycles. The molecule has 2 aromatic rings. The molecule has 5 heteroatoms. The summed E-state index contributed by atoms with van der Waals surface area (Å²) in [6, 6.07) is 16.0. The van der Waals surface area contributed by atoms with Crippen LogP contribution < -0.4 is 10.6 Å². The molecule has 0 saturated heterocycles. The molecule has 2 rings (SSSR count). The summed E-state index contributed by atoms with van der Waals surface area (Å²) in [5, 5.41) is 14.7. The Morgan fingerprint density at radius 3 is 2.42 bits per heavy atom. The third-order valence-corrected chi connectivity index (χ3v) is 3.33. The number of hydrogen-bond acceptors (Lipinski definition) is 4. The molecule has 0 spiro atoms. The van der Waals surface area contributed by atoms with Gasteiger partial charge in [-0.25, -0.2) is 0 Å². The summed E-state index contributed by atoms with van der Waals surface area (Å²) in [5.41, 5.74) is 2.81. The fraction of sp³-hybridized carbons (Fsp3) is 0.105. The van der Waals surface area contributed by atoms with E-state index in [1.807, 2.05) is 25.1 Å². The Labute approximate surface area is 140 Å². The summed E-state index contributed by atoms with van der Waals surface area (Å²) in [4.78, 5) is 23.5. The van der Waals surface area contributed by atoms with Crippen LogP contribution in [0.25, 0.3) is 0 Å². The number of hydrogen-bond donors (Lipinski definition) is 2. The average Bonchev–Trinajstić information content (AvgIpc) is 2.57. The second kappa shape index (κ2) is 7.75. The van der Waals surface area contributed by atoms with E-state index in [1.165, 1.54) is 13.1 Å². The van der Waals surface area contributed by atoms with Crippen molar-refractivity contribution in [2.45, 2.75) is 13.8 Å². The molecule has 120 valence electrons. The molecular weight excluding hydrogens is 302 g/mol. The summed E-state index contributed by atoms with van der Waals surface area (Å²) < 4.78 is 0. The van der Waals surface area contributed by atoms with Crippen LogP contribution in [0.4, 0.5) is 11.4 Å². The Morgan fingerprint density at radius 2 is 1.79 bits per heavy atom. The smallest absolute Gasteiger partial charge is 0.267 e. The molecule has 2 aromatic carbocycles. The lowest BCUT2D eigenvalue weighted by atomic mass is 10.1. The van der Waals surface area contributed by atoms with Crippen LogP contribution >= 0.6 is 0 Å². The predicted octanol–water partition coefficient (Wildman–Crippen LogP) is 3.66. The minimum atomic E-state index is -0.503. The van der Waals surface area contributed by atoms with Crippen LogP contribution in [0.2, 0.25) is 0 Å². The maximum atomic E-state index is 12.1. The number of anilines is 2. The molecule has 1 amide bonds. The van der Waals surface area contributed by atoms with Crippen LogP contribution in [0.15, 0.2) is 60.3 Å². The van der Waals surface area contributed by atoms with Gasteiger partial charge in [-0.3, -0.25) is 9.59 Å². The zero-order chi connectivity index (χ0) is 17.5. The maximum Gasteiger partial charge on any atom is 0.267 e. The molecule has 2 N–H and O–H groups in total. The monoisotopic (exact) mass is 319 g/mol. The molecule has 0 aliphatic rings. The van der Waals surface area contributed by atoms with Gasteiger partial charge in [0.05, 0.1) is 0 Å².